The van der Waals surface area contributed by atoms with E-state index in [2.05, 4.69) is 20.7 Å². The van der Waals surface area contributed by atoms with E-state index in [1.54, 1.807) is 29.2 Å². The molecule has 3 heterocycles. The highest BCUT2D eigenvalue weighted by Gasteiger charge is 2.37. The number of hydrogen-bond donors (Lipinski definition) is 1. The van der Waals surface area contributed by atoms with Crippen LogP contribution >= 0.6 is 0 Å². The van der Waals surface area contributed by atoms with Crippen LogP contribution in [-0.4, -0.2) is 75.0 Å². The highest BCUT2D eigenvalue weighted by Crippen LogP contribution is 2.38. The minimum atomic E-state index is -4.98. The number of benzene rings is 2. The predicted molar refractivity (Wildman–Crippen MR) is 147 cm³/mol. The van der Waals surface area contributed by atoms with Crippen molar-refractivity contribution in [3.05, 3.63) is 70.9 Å². The highest BCUT2D eigenvalue weighted by atomic mass is 19.4. The molecule has 1 saturated heterocycles. The molecule has 2 aromatic carbocycles. The maximum atomic E-state index is 15.1. The molecule has 42 heavy (non-hydrogen) atoms. The van der Waals surface area contributed by atoms with Gasteiger partial charge in [0.05, 0.1) is 29.3 Å². The fourth-order valence-corrected chi connectivity index (χ4v) is 4.91. The lowest BCUT2D eigenvalue weighted by Gasteiger charge is -2.36. The summed E-state index contributed by atoms with van der Waals surface area (Å²) in [6, 6.07) is 6.57. The first kappa shape index (κ1) is 29.2. The molecule has 2 aromatic heterocycles. The van der Waals surface area contributed by atoms with Crippen LogP contribution in [0.4, 0.5) is 33.3 Å². The molecular formula is C28H29F5N8O. The van der Waals surface area contributed by atoms with Gasteiger partial charge in [0.25, 0.3) is 5.91 Å². The Labute approximate surface area is 238 Å². The molecule has 14 heteroatoms. The minimum absolute atomic E-state index is 0.157. The van der Waals surface area contributed by atoms with Crippen molar-refractivity contribution in [1.82, 2.24) is 29.7 Å². The van der Waals surface area contributed by atoms with E-state index < -0.39 is 30.1 Å². The van der Waals surface area contributed by atoms with E-state index in [0.717, 1.165) is 16.8 Å². The summed E-state index contributed by atoms with van der Waals surface area (Å²) < 4.78 is 72.4. The summed E-state index contributed by atoms with van der Waals surface area (Å²) in [7, 11) is 1.81. The molecule has 1 aliphatic rings. The zero-order valence-electron chi connectivity index (χ0n) is 23.2. The standard InChI is InChI=1S/C28H29F5N8O/c1-17-4-5-19(12-24(17)41-16-23(36-37-41)21-15-34-38(3)18(21)2)27(42)35-20-13-22(28(31,32)33)26(30)25(14-20)40-10-8-39(7-6-29)9-11-40/h4-5,12-16H,6-11H2,1-3H3,(H,35,42). The molecule has 0 unspecified atom stereocenters. The maximum absolute atomic E-state index is 15.1. The summed E-state index contributed by atoms with van der Waals surface area (Å²) in [5, 5.41) is 15.1. The lowest BCUT2D eigenvalue weighted by atomic mass is 10.1. The molecule has 9 nitrogen and oxygen atoms in total. The molecule has 0 aliphatic carbocycles. The second-order valence-electron chi connectivity index (χ2n) is 10.1. The molecule has 5 rings (SSSR count). The smallest absolute Gasteiger partial charge is 0.367 e. The number of hydrogen-bond acceptors (Lipinski definition) is 6. The van der Waals surface area contributed by atoms with Gasteiger partial charge < -0.3 is 10.2 Å². The van der Waals surface area contributed by atoms with Gasteiger partial charge in [-0.2, -0.15) is 18.3 Å². The molecule has 0 spiro atoms. The third-order valence-corrected chi connectivity index (χ3v) is 7.45. The number of aromatic nitrogens is 5. The Bertz CT molecular complexity index is 1600. The normalized spacial score (nSPS) is 14.4. The summed E-state index contributed by atoms with van der Waals surface area (Å²) in [5.74, 6) is -2.10. The maximum Gasteiger partial charge on any atom is 0.419 e. The molecule has 0 saturated carbocycles. The van der Waals surface area contributed by atoms with Gasteiger partial charge in [-0.1, -0.05) is 11.3 Å². The van der Waals surface area contributed by atoms with Crippen molar-refractivity contribution in [3.8, 4) is 16.9 Å². The fraction of sp³-hybridized carbons (Fsp3) is 0.357. The first-order valence-electron chi connectivity index (χ1n) is 13.2. The second-order valence-corrected chi connectivity index (χ2v) is 10.1. The van der Waals surface area contributed by atoms with Crippen molar-refractivity contribution >= 4 is 17.3 Å². The number of amides is 1. The summed E-state index contributed by atoms with van der Waals surface area (Å²) in [4.78, 5) is 16.5. The molecule has 4 aromatic rings. The number of nitrogens with one attached hydrogen (secondary N) is 1. The Morgan fingerprint density at radius 1 is 1.05 bits per heavy atom. The van der Waals surface area contributed by atoms with Crippen molar-refractivity contribution in [2.24, 2.45) is 7.05 Å². The first-order valence-corrected chi connectivity index (χ1v) is 13.2. The Morgan fingerprint density at radius 2 is 1.79 bits per heavy atom. The summed E-state index contributed by atoms with van der Waals surface area (Å²) in [6.45, 7) is 4.55. The zero-order chi connectivity index (χ0) is 30.2. The third-order valence-electron chi connectivity index (χ3n) is 7.45. The molecule has 1 N–H and O–H groups in total. The quantitative estimate of drug-likeness (QED) is 0.313. The van der Waals surface area contributed by atoms with Gasteiger partial charge in [0.2, 0.25) is 0 Å². The van der Waals surface area contributed by atoms with Gasteiger partial charge in [-0.25, -0.2) is 13.5 Å². The SMILES string of the molecule is Cc1ccc(C(=O)Nc2cc(N3CCN(CCF)CC3)c(F)c(C(F)(F)F)c2)cc1-n1cc(-c2cnn(C)c2C)nn1. The number of anilines is 2. The van der Waals surface area contributed by atoms with Crippen molar-refractivity contribution in [3.63, 3.8) is 0 Å². The summed E-state index contributed by atoms with van der Waals surface area (Å²) in [6.07, 6.45) is -1.61. The van der Waals surface area contributed by atoms with E-state index >= 15 is 4.39 Å². The van der Waals surface area contributed by atoms with Crippen LogP contribution in [0.5, 0.6) is 0 Å². The lowest BCUT2D eigenvalue weighted by molar-refractivity contribution is -0.139. The van der Waals surface area contributed by atoms with Crippen LogP contribution < -0.4 is 10.2 Å². The molecule has 1 aliphatic heterocycles. The van der Waals surface area contributed by atoms with E-state index in [9.17, 15) is 22.4 Å². The van der Waals surface area contributed by atoms with Crippen LogP contribution in [0, 0.1) is 19.7 Å². The van der Waals surface area contributed by atoms with Crippen LogP contribution in [-0.2, 0) is 13.2 Å². The van der Waals surface area contributed by atoms with Gasteiger partial charge in [0.15, 0.2) is 5.82 Å². The number of nitrogens with zero attached hydrogens (tertiary/aromatic N) is 7. The number of carbonyl (C=O) groups is 1. The molecule has 0 atom stereocenters. The third kappa shape index (κ3) is 5.84. The van der Waals surface area contributed by atoms with Crippen molar-refractivity contribution in [2.75, 3.05) is 49.6 Å². The number of aryl methyl sites for hydroxylation is 2. The Balaban J connectivity index is 1.42. The lowest BCUT2D eigenvalue weighted by Crippen LogP contribution is -2.47. The van der Waals surface area contributed by atoms with Gasteiger partial charge in [0, 0.05) is 62.3 Å². The van der Waals surface area contributed by atoms with E-state index in [4.69, 9.17) is 0 Å². The number of alkyl halides is 4. The summed E-state index contributed by atoms with van der Waals surface area (Å²) in [5.41, 5.74) is 1.80. The number of piperazine rings is 1. The summed E-state index contributed by atoms with van der Waals surface area (Å²) >= 11 is 0. The largest absolute Gasteiger partial charge is 0.419 e. The molecular weight excluding hydrogens is 559 g/mol. The molecule has 0 bridgehead atoms. The van der Waals surface area contributed by atoms with Crippen LogP contribution in [0.3, 0.4) is 0 Å². The minimum Gasteiger partial charge on any atom is -0.367 e. The highest BCUT2D eigenvalue weighted by molar-refractivity contribution is 6.05. The van der Waals surface area contributed by atoms with E-state index in [1.807, 2.05) is 25.8 Å². The van der Waals surface area contributed by atoms with Gasteiger partial charge in [-0.3, -0.25) is 14.4 Å². The van der Waals surface area contributed by atoms with E-state index in [1.165, 1.54) is 21.7 Å². The Hall–Kier alpha value is -4.33. The Kier molecular flexibility index (Phi) is 7.99. The number of halogens is 5. The molecule has 1 fully saturated rings. The fourth-order valence-electron chi connectivity index (χ4n) is 4.91. The van der Waals surface area contributed by atoms with Gasteiger partial charge in [-0.05, 0) is 43.7 Å². The topological polar surface area (TPSA) is 84.1 Å². The molecule has 1 amide bonds. The van der Waals surface area contributed by atoms with E-state index in [0.29, 0.717) is 30.5 Å². The van der Waals surface area contributed by atoms with Gasteiger partial charge >= 0.3 is 6.18 Å². The second kappa shape index (κ2) is 11.5. The van der Waals surface area contributed by atoms with Gasteiger partial charge in [0.1, 0.15) is 12.4 Å². The first-order chi connectivity index (χ1) is 20.0. The van der Waals surface area contributed by atoms with Crippen molar-refractivity contribution in [2.45, 2.75) is 20.0 Å². The average molecular weight is 589 g/mol. The van der Waals surface area contributed by atoms with Gasteiger partial charge in [-0.15, -0.1) is 5.10 Å². The van der Waals surface area contributed by atoms with Crippen LogP contribution in [0.2, 0.25) is 0 Å². The van der Waals surface area contributed by atoms with Crippen molar-refractivity contribution in [1.29, 1.82) is 0 Å². The van der Waals surface area contributed by atoms with Crippen molar-refractivity contribution < 1.29 is 26.7 Å². The van der Waals surface area contributed by atoms with Crippen LogP contribution in [0.25, 0.3) is 16.9 Å². The zero-order valence-corrected chi connectivity index (χ0v) is 23.2. The Morgan fingerprint density at radius 3 is 2.43 bits per heavy atom. The average Bonchev–Trinajstić information content (AvgIpc) is 3.56. The number of rotatable bonds is 7. The number of carbonyl (C=O) groups excluding carboxylic acids is 1. The van der Waals surface area contributed by atoms with Crippen LogP contribution in [0.15, 0.2) is 42.7 Å². The van der Waals surface area contributed by atoms with E-state index in [-0.39, 0.29) is 36.6 Å². The predicted octanol–water partition coefficient (Wildman–Crippen LogP) is 4.79. The van der Waals surface area contributed by atoms with Crippen LogP contribution in [0.1, 0.15) is 27.2 Å². The molecule has 0 radical (unpaired) electrons. The molecule has 222 valence electrons. The monoisotopic (exact) mass is 588 g/mol.